The highest BCUT2D eigenvalue weighted by molar-refractivity contribution is 6.30. The lowest BCUT2D eigenvalue weighted by Gasteiger charge is -2.08. The van der Waals surface area contributed by atoms with Gasteiger partial charge in [0.1, 0.15) is 0 Å². The van der Waals surface area contributed by atoms with E-state index < -0.39 is 0 Å². The number of hydrogen-bond donors (Lipinski definition) is 0. The van der Waals surface area contributed by atoms with E-state index in [1.54, 1.807) is 0 Å². The molecule has 0 nitrogen and oxygen atoms in total. The van der Waals surface area contributed by atoms with Crippen LogP contribution in [0, 0.1) is 0 Å². The van der Waals surface area contributed by atoms with Gasteiger partial charge in [0.2, 0.25) is 0 Å². The third-order valence-corrected chi connectivity index (χ3v) is 4.00. The number of benzene rings is 3. The van der Waals surface area contributed by atoms with Crippen molar-refractivity contribution >= 4 is 28.4 Å². The van der Waals surface area contributed by atoms with Crippen molar-refractivity contribution in [2.75, 3.05) is 0 Å². The Morgan fingerprint density at radius 3 is 2.33 bits per heavy atom. The van der Waals surface area contributed by atoms with Crippen LogP contribution in [0.25, 0.3) is 16.8 Å². The standard InChI is InChI=1S/C20H17Cl/c1-15(6-7-16-8-12-20(21)13-9-16)18-11-10-17-4-2-3-5-19(17)14-18/h2-15H,1H3/b7-6+/t15-/m0/s1. The normalized spacial score (nSPS) is 12.9. The maximum absolute atomic E-state index is 5.90. The van der Waals surface area contributed by atoms with Crippen molar-refractivity contribution in [2.24, 2.45) is 0 Å². The van der Waals surface area contributed by atoms with E-state index in [-0.39, 0.29) is 0 Å². The van der Waals surface area contributed by atoms with Crippen LogP contribution in [0.5, 0.6) is 0 Å². The molecule has 3 aromatic carbocycles. The SMILES string of the molecule is C[C@@H](/C=C/c1ccc(Cl)cc1)c1ccc2ccccc2c1. The Hall–Kier alpha value is -2.05. The topological polar surface area (TPSA) is 0 Å². The highest BCUT2D eigenvalue weighted by atomic mass is 35.5. The second-order valence-corrected chi connectivity index (χ2v) is 5.74. The molecule has 0 saturated heterocycles. The molecule has 0 heterocycles. The Morgan fingerprint density at radius 1 is 0.857 bits per heavy atom. The Labute approximate surface area is 130 Å². The zero-order valence-corrected chi connectivity index (χ0v) is 12.7. The van der Waals surface area contributed by atoms with E-state index in [0.717, 1.165) is 5.02 Å². The molecule has 0 unspecified atom stereocenters. The molecule has 0 aliphatic carbocycles. The maximum Gasteiger partial charge on any atom is 0.0406 e. The number of rotatable bonds is 3. The molecule has 0 spiro atoms. The first-order valence-electron chi connectivity index (χ1n) is 7.15. The smallest absolute Gasteiger partial charge is 0.0406 e. The molecular weight excluding hydrogens is 276 g/mol. The van der Waals surface area contributed by atoms with Gasteiger partial charge in [-0.2, -0.15) is 0 Å². The van der Waals surface area contributed by atoms with Crippen LogP contribution in [0.1, 0.15) is 24.0 Å². The summed E-state index contributed by atoms with van der Waals surface area (Å²) in [5.74, 6) is 0.380. The molecule has 0 aliphatic heterocycles. The van der Waals surface area contributed by atoms with Gasteiger partial charge in [0.25, 0.3) is 0 Å². The molecule has 104 valence electrons. The molecule has 21 heavy (non-hydrogen) atoms. The lowest BCUT2D eigenvalue weighted by atomic mass is 9.97. The maximum atomic E-state index is 5.90. The molecular formula is C20H17Cl. The molecule has 1 atom stereocenters. The molecule has 0 radical (unpaired) electrons. The average molecular weight is 293 g/mol. The van der Waals surface area contributed by atoms with Gasteiger partial charge in [-0.1, -0.05) is 85.3 Å². The summed E-state index contributed by atoms with van der Waals surface area (Å²) in [6.07, 6.45) is 4.38. The van der Waals surface area contributed by atoms with Crippen LogP contribution in [0.2, 0.25) is 5.02 Å². The lowest BCUT2D eigenvalue weighted by Crippen LogP contribution is -1.89. The van der Waals surface area contributed by atoms with E-state index in [9.17, 15) is 0 Å². The minimum absolute atomic E-state index is 0.380. The van der Waals surface area contributed by atoms with Crippen LogP contribution < -0.4 is 0 Å². The van der Waals surface area contributed by atoms with Crippen molar-refractivity contribution in [1.82, 2.24) is 0 Å². The molecule has 3 rings (SSSR count). The first kappa shape index (κ1) is 13.9. The average Bonchev–Trinajstić information content (AvgIpc) is 2.53. The molecule has 0 amide bonds. The van der Waals surface area contributed by atoms with E-state index in [2.05, 4.69) is 61.5 Å². The van der Waals surface area contributed by atoms with Crippen molar-refractivity contribution in [3.05, 3.63) is 89.0 Å². The summed E-state index contributed by atoms with van der Waals surface area (Å²) >= 11 is 5.90. The number of allylic oxidation sites excluding steroid dienone is 1. The van der Waals surface area contributed by atoms with Gasteiger partial charge in [0.15, 0.2) is 0 Å². The summed E-state index contributed by atoms with van der Waals surface area (Å²) in [6.45, 7) is 2.22. The van der Waals surface area contributed by atoms with Crippen LogP contribution in [0.3, 0.4) is 0 Å². The third kappa shape index (κ3) is 3.34. The van der Waals surface area contributed by atoms with E-state index in [0.29, 0.717) is 5.92 Å². The van der Waals surface area contributed by atoms with Gasteiger partial charge in [-0.3, -0.25) is 0 Å². The van der Waals surface area contributed by atoms with E-state index in [4.69, 9.17) is 11.6 Å². The summed E-state index contributed by atoms with van der Waals surface area (Å²) in [6, 6.07) is 23.0. The van der Waals surface area contributed by atoms with Gasteiger partial charge >= 0.3 is 0 Å². The minimum Gasteiger partial charge on any atom is -0.0843 e. The number of halogens is 1. The lowest BCUT2D eigenvalue weighted by molar-refractivity contribution is 0.976. The van der Waals surface area contributed by atoms with Gasteiger partial charge in [-0.25, -0.2) is 0 Å². The summed E-state index contributed by atoms with van der Waals surface area (Å²) in [4.78, 5) is 0. The van der Waals surface area contributed by atoms with Gasteiger partial charge in [-0.15, -0.1) is 0 Å². The molecule has 0 aliphatic rings. The Morgan fingerprint density at radius 2 is 1.57 bits per heavy atom. The molecule has 3 aromatic rings. The fourth-order valence-electron chi connectivity index (χ4n) is 2.43. The first-order valence-corrected chi connectivity index (χ1v) is 7.53. The second kappa shape index (κ2) is 6.15. The fourth-order valence-corrected chi connectivity index (χ4v) is 2.56. The van der Waals surface area contributed by atoms with E-state index >= 15 is 0 Å². The van der Waals surface area contributed by atoms with Crippen LogP contribution in [0.15, 0.2) is 72.8 Å². The fraction of sp³-hybridized carbons (Fsp3) is 0.100. The Kier molecular flexibility index (Phi) is 4.08. The summed E-state index contributed by atoms with van der Waals surface area (Å²) in [7, 11) is 0. The highest BCUT2D eigenvalue weighted by Crippen LogP contribution is 2.23. The Balaban J connectivity index is 1.82. The second-order valence-electron chi connectivity index (χ2n) is 5.31. The molecule has 0 fully saturated rings. The molecule has 0 N–H and O–H groups in total. The van der Waals surface area contributed by atoms with E-state index in [1.807, 2.05) is 24.3 Å². The Bertz CT molecular complexity index is 769. The highest BCUT2D eigenvalue weighted by Gasteiger charge is 2.02. The number of hydrogen-bond acceptors (Lipinski definition) is 0. The van der Waals surface area contributed by atoms with Crippen molar-refractivity contribution in [3.8, 4) is 0 Å². The summed E-state index contributed by atoms with van der Waals surface area (Å²) in [5.41, 5.74) is 2.51. The first-order chi connectivity index (χ1) is 10.2. The molecule has 0 saturated carbocycles. The van der Waals surface area contributed by atoms with Gasteiger partial charge in [0, 0.05) is 5.02 Å². The predicted molar refractivity (Wildman–Crippen MR) is 92.8 cm³/mol. The summed E-state index contributed by atoms with van der Waals surface area (Å²) in [5, 5.41) is 3.35. The molecule has 1 heteroatoms. The van der Waals surface area contributed by atoms with Crippen LogP contribution in [0.4, 0.5) is 0 Å². The third-order valence-electron chi connectivity index (χ3n) is 3.75. The monoisotopic (exact) mass is 292 g/mol. The van der Waals surface area contributed by atoms with Gasteiger partial charge < -0.3 is 0 Å². The van der Waals surface area contributed by atoms with Gasteiger partial charge in [-0.05, 0) is 39.9 Å². The number of fused-ring (bicyclic) bond motifs is 1. The van der Waals surface area contributed by atoms with Crippen molar-refractivity contribution in [2.45, 2.75) is 12.8 Å². The molecule has 0 aromatic heterocycles. The van der Waals surface area contributed by atoms with Crippen LogP contribution in [-0.2, 0) is 0 Å². The minimum atomic E-state index is 0.380. The molecule has 0 bridgehead atoms. The zero-order chi connectivity index (χ0) is 14.7. The van der Waals surface area contributed by atoms with Crippen LogP contribution >= 0.6 is 11.6 Å². The van der Waals surface area contributed by atoms with Crippen molar-refractivity contribution in [3.63, 3.8) is 0 Å². The quantitative estimate of drug-likeness (QED) is 0.530. The largest absolute Gasteiger partial charge is 0.0843 e. The van der Waals surface area contributed by atoms with Crippen molar-refractivity contribution < 1.29 is 0 Å². The van der Waals surface area contributed by atoms with Crippen molar-refractivity contribution in [1.29, 1.82) is 0 Å². The predicted octanol–water partition coefficient (Wildman–Crippen LogP) is 6.31. The van der Waals surface area contributed by atoms with Gasteiger partial charge in [0.05, 0.1) is 0 Å². The summed E-state index contributed by atoms with van der Waals surface area (Å²) < 4.78 is 0. The van der Waals surface area contributed by atoms with Crippen LogP contribution in [-0.4, -0.2) is 0 Å². The zero-order valence-electron chi connectivity index (χ0n) is 12.0. The van der Waals surface area contributed by atoms with E-state index in [1.165, 1.54) is 21.9 Å².